The zero-order valence-corrected chi connectivity index (χ0v) is 24.2. The predicted molar refractivity (Wildman–Crippen MR) is 156 cm³/mol. The molecule has 3 fully saturated rings. The summed E-state index contributed by atoms with van der Waals surface area (Å²) in [5.41, 5.74) is 3.26. The normalized spacial score (nSPS) is 24.8. The van der Waals surface area contributed by atoms with Crippen molar-refractivity contribution in [3.05, 3.63) is 53.2 Å². The number of aryl methyl sites for hydroxylation is 1. The van der Waals surface area contributed by atoms with Crippen LogP contribution in [-0.4, -0.2) is 29.6 Å². The van der Waals surface area contributed by atoms with Gasteiger partial charge in [0.15, 0.2) is 5.69 Å². The molecule has 3 aliphatic rings. The number of benzene rings is 1. The number of rotatable bonds is 15. The summed E-state index contributed by atoms with van der Waals surface area (Å²) in [6.07, 6.45) is 23.6. The van der Waals surface area contributed by atoms with Crippen molar-refractivity contribution < 1.29 is 13.9 Å². The lowest BCUT2D eigenvalue weighted by Gasteiger charge is -2.26. The zero-order chi connectivity index (χ0) is 26.9. The quantitative estimate of drug-likeness (QED) is 0.234. The van der Waals surface area contributed by atoms with Crippen molar-refractivity contribution in [3.63, 3.8) is 0 Å². The predicted octanol–water partition coefficient (Wildman–Crippen LogP) is 8.17. The standard InChI is InChI=1S/C34H50N2O3/c1-2-14-26-18-11-12-19-27(26)23-28-30-20-21-31(39-30)32(28)34-36-29(24-38-34)33(37)35-22-13-6-4-3-5-8-15-25-16-9-7-10-17-25/h11-12,18-19,24-25,28,30-32H,2-10,13-17,20-23H2,1H3,(H,35,37)/t28-,30-,31+,32-/m0/s1. The summed E-state index contributed by atoms with van der Waals surface area (Å²) in [6.45, 7) is 2.94. The van der Waals surface area contributed by atoms with E-state index in [1.54, 1.807) is 6.26 Å². The average molecular weight is 535 g/mol. The van der Waals surface area contributed by atoms with Crippen LogP contribution in [0.4, 0.5) is 0 Å². The third kappa shape index (κ3) is 7.54. The van der Waals surface area contributed by atoms with Crippen molar-refractivity contribution in [1.82, 2.24) is 10.3 Å². The average Bonchev–Trinajstić information content (AvgIpc) is 3.71. The van der Waals surface area contributed by atoms with E-state index in [1.807, 2.05) is 0 Å². The second-order valence-corrected chi connectivity index (χ2v) is 12.4. The number of carbonyl (C=O) groups is 1. The van der Waals surface area contributed by atoms with Gasteiger partial charge in [-0.3, -0.25) is 4.79 Å². The smallest absolute Gasteiger partial charge is 0.273 e. The number of aromatic nitrogens is 1. The molecule has 2 aliphatic heterocycles. The third-order valence-electron chi connectivity index (χ3n) is 9.61. The Kier molecular flexibility index (Phi) is 10.5. The maximum absolute atomic E-state index is 12.8. The SMILES string of the molecule is CCCc1ccccc1C[C@@H]1[C@H](c2nc(C(=O)NCCCCCCCCC3CCCCC3)co2)[C@H]2CC[C@@H]1O2. The topological polar surface area (TPSA) is 64.4 Å². The number of oxazole rings is 1. The number of hydrogen-bond acceptors (Lipinski definition) is 4. The minimum atomic E-state index is -0.119. The number of unbranched alkanes of at least 4 members (excludes halogenated alkanes) is 5. The van der Waals surface area contributed by atoms with Crippen molar-refractivity contribution >= 4 is 5.91 Å². The first-order valence-corrected chi connectivity index (χ1v) is 16.2. The Morgan fingerprint density at radius 1 is 0.923 bits per heavy atom. The molecule has 3 heterocycles. The molecule has 2 bridgehead atoms. The molecule has 5 nitrogen and oxygen atoms in total. The van der Waals surface area contributed by atoms with Crippen LogP contribution in [0.2, 0.25) is 0 Å². The molecule has 5 rings (SSSR count). The van der Waals surface area contributed by atoms with Crippen molar-refractivity contribution in [2.45, 2.75) is 134 Å². The molecule has 5 heteroatoms. The summed E-state index contributed by atoms with van der Waals surface area (Å²) in [5.74, 6) is 2.04. The Bertz CT molecular complexity index is 1030. The number of amides is 1. The lowest BCUT2D eigenvalue weighted by Crippen LogP contribution is -2.28. The maximum Gasteiger partial charge on any atom is 0.273 e. The Labute approximate surface area is 235 Å². The number of nitrogens with zero attached hydrogens (tertiary/aromatic N) is 1. The van der Waals surface area contributed by atoms with E-state index in [-0.39, 0.29) is 24.0 Å². The summed E-state index contributed by atoms with van der Waals surface area (Å²) in [6, 6.07) is 8.80. The fraction of sp³-hybridized carbons (Fsp3) is 0.706. The highest BCUT2D eigenvalue weighted by molar-refractivity contribution is 5.91. The molecule has 1 aromatic heterocycles. The summed E-state index contributed by atoms with van der Waals surface area (Å²) >= 11 is 0. The fourth-order valence-electron chi connectivity index (χ4n) is 7.48. The highest BCUT2D eigenvalue weighted by Crippen LogP contribution is 2.50. The monoisotopic (exact) mass is 534 g/mol. The minimum absolute atomic E-state index is 0.119. The van der Waals surface area contributed by atoms with E-state index in [9.17, 15) is 4.79 Å². The summed E-state index contributed by atoms with van der Waals surface area (Å²) in [7, 11) is 0. The third-order valence-corrected chi connectivity index (χ3v) is 9.61. The van der Waals surface area contributed by atoms with Crippen LogP contribution in [0, 0.1) is 11.8 Å². The van der Waals surface area contributed by atoms with Crippen LogP contribution in [0.15, 0.2) is 34.9 Å². The molecule has 1 amide bonds. The van der Waals surface area contributed by atoms with Gasteiger partial charge in [-0.15, -0.1) is 0 Å². The Hall–Kier alpha value is -2.14. The van der Waals surface area contributed by atoms with Gasteiger partial charge in [-0.1, -0.05) is 108 Å². The van der Waals surface area contributed by atoms with E-state index in [0.717, 1.165) is 44.4 Å². The van der Waals surface area contributed by atoms with E-state index < -0.39 is 0 Å². The van der Waals surface area contributed by atoms with E-state index in [1.165, 1.54) is 81.8 Å². The molecule has 1 aliphatic carbocycles. The second kappa shape index (κ2) is 14.5. The van der Waals surface area contributed by atoms with Crippen LogP contribution in [0.3, 0.4) is 0 Å². The number of fused-ring (bicyclic) bond motifs is 2. The summed E-state index contributed by atoms with van der Waals surface area (Å²) in [5, 5.41) is 3.06. The van der Waals surface area contributed by atoms with Gasteiger partial charge in [0.25, 0.3) is 5.91 Å². The van der Waals surface area contributed by atoms with Crippen LogP contribution >= 0.6 is 0 Å². The zero-order valence-electron chi connectivity index (χ0n) is 24.2. The number of carbonyl (C=O) groups excluding carboxylic acids is 1. The first-order chi connectivity index (χ1) is 19.2. The molecule has 1 aromatic carbocycles. The Morgan fingerprint density at radius 2 is 1.67 bits per heavy atom. The first-order valence-electron chi connectivity index (χ1n) is 16.2. The molecule has 39 heavy (non-hydrogen) atoms. The molecular formula is C34H50N2O3. The molecule has 214 valence electrons. The van der Waals surface area contributed by atoms with Gasteiger partial charge in [0, 0.05) is 12.5 Å². The van der Waals surface area contributed by atoms with Crippen molar-refractivity contribution in [1.29, 1.82) is 0 Å². The van der Waals surface area contributed by atoms with E-state index in [2.05, 4.69) is 36.5 Å². The molecule has 2 saturated heterocycles. The van der Waals surface area contributed by atoms with Crippen LogP contribution in [0.1, 0.15) is 137 Å². The van der Waals surface area contributed by atoms with Gasteiger partial charge in [0.1, 0.15) is 6.26 Å². The molecular weight excluding hydrogens is 484 g/mol. The number of hydrogen-bond donors (Lipinski definition) is 1. The molecule has 0 radical (unpaired) electrons. The van der Waals surface area contributed by atoms with E-state index in [4.69, 9.17) is 14.1 Å². The van der Waals surface area contributed by atoms with Gasteiger partial charge in [-0.05, 0) is 49.1 Å². The van der Waals surface area contributed by atoms with Gasteiger partial charge in [-0.25, -0.2) is 4.98 Å². The highest BCUT2D eigenvalue weighted by Gasteiger charge is 2.51. The van der Waals surface area contributed by atoms with E-state index in [0.29, 0.717) is 24.0 Å². The van der Waals surface area contributed by atoms with Gasteiger partial charge >= 0.3 is 0 Å². The van der Waals surface area contributed by atoms with Gasteiger partial charge in [0.05, 0.1) is 18.1 Å². The Morgan fingerprint density at radius 3 is 2.49 bits per heavy atom. The minimum Gasteiger partial charge on any atom is -0.448 e. The second-order valence-electron chi connectivity index (χ2n) is 12.4. The van der Waals surface area contributed by atoms with E-state index >= 15 is 0 Å². The van der Waals surface area contributed by atoms with Gasteiger partial charge in [0.2, 0.25) is 5.89 Å². The van der Waals surface area contributed by atoms with Crippen molar-refractivity contribution in [3.8, 4) is 0 Å². The number of nitrogens with one attached hydrogen (secondary N) is 1. The van der Waals surface area contributed by atoms with Gasteiger partial charge < -0.3 is 14.5 Å². The van der Waals surface area contributed by atoms with Crippen molar-refractivity contribution in [2.24, 2.45) is 11.8 Å². The molecule has 0 spiro atoms. The number of ether oxygens (including phenoxy) is 1. The van der Waals surface area contributed by atoms with Crippen LogP contribution in [0.25, 0.3) is 0 Å². The maximum atomic E-state index is 12.8. The summed E-state index contributed by atoms with van der Waals surface area (Å²) < 4.78 is 12.3. The Balaban J connectivity index is 1.04. The molecule has 1 saturated carbocycles. The largest absolute Gasteiger partial charge is 0.448 e. The van der Waals surface area contributed by atoms with Crippen LogP contribution < -0.4 is 5.32 Å². The lowest BCUT2D eigenvalue weighted by atomic mass is 9.75. The van der Waals surface area contributed by atoms with Gasteiger partial charge in [-0.2, -0.15) is 0 Å². The van der Waals surface area contributed by atoms with Crippen LogP contribution in [0.5, 0.6) is 0 Å². The molecule has 0 unspecified atom stereocenters. The van der Waals surface area contributed by atoms with Crippen LogP contribution in [-0.2, 0) is 17.6 Å². The summed E-state index contributed by atoms with van der Waals surface area (Å²) in [4.78, 5) is 17.5. The molecule has 4 atom stereocenters. The molecule has 1 N–H and O–H groups in total. The highest BCUT2D eigenvalue weighted by atomic mass is 16.5. The first kappa shape index (κ1) is 28.4. The van der Waals surface area contributed by atoms with Crippen molar-refractivity contribution in [2.75, 3.05) is 6.54 Å². The lowest BCUT2D eigenvalue weighted by molar-refractivity contribution is 0.0897. The fourth-order valence-corrected chi connectivity index (χ4v) is 7.48. The molecule has 2 aromatic rings.